The topological polar surface area (TPSA) is 108 Å². The summed E-state index contributed by atoms with van der Waals surface area (Å²) < 4.78 is 38.7. The minimum absolute atomic E-state index is 0.0360. The second kappa shape index (κ2) is 9.86. The van der Waals surface area contributed by atoms with Crippen LogP contribution in [-0.2, 0) is 21.3 Å². The summed E-state index contributed by atoms with van der Waals surface area (Å²) in [7, 11) is -0.420. The number of aliphatic hydroxyl groups excluding tert-OH is 2. The van der Waals surface area contributed by atoms with Gasteiger partial charge in [0.1, 0.15) is 18.0 Å². The summed E-state index contributed by atoms with van der Waals surface area (Å²) in [6.07, 6.45) is -2.35. The fraction of sp³-hybridized carbons (Fsp3) is 0.429. The number of hydrogen-bond donors (Lipinski definition) is 3. The molecule has 3 rings (SSSR count). The van der Waals surface area contributed by atoms with Gasteiger partial charge in [0, 0.05) is 13.1 Å². The van der Waals surface area contributed by atoms with E-state index in [1.165, 1.54) is 19.2 Å². The molecule has 0 aromatic heterocycles. The molecule has 4 unspecified atom stereocenters. The monoisotopic (exact) mass is 436 g/mol. The molecule has 1 saturated heterocycles. The number of likely N-dealkylation sites (N-methyl/N-ethyl adjacent to an activating group) is 1. The number of sulfonamides is 1. The standard InChI is InChI=1S/C21H28N2O6S/c1-23(13-15-6-4-3-5-7-15)20-18(29-19(14-24)21(20)25)12-22-30(26,27)17-10-8-16(28-2)9-11-17/h3-11,18-22,24-25H,12-14H2,1-2H3. The van der Waals surface area contributed by atoms with Gasteiger partial charge < -0.3 is 19.7 Å². The molecule has 0 saturated carbocycles. The van der Waals surface area contributed by atoms with Gasteiger partial charge in [-0.2, -0.15) is 0 Å². The Hall–Kier alpha value is -2.01. The van der Waals surface area contributed by atoms with E-state index in [1.54, 1.807) is 12.1 Å². The summed E-state index contributed by atoms with van der Waals surface area (Å²) in [5.74, 6) is 0.560. The normalized spacial score (nSPS) is 24.3. The summed E-state index contributed by atoms with van der Waals surface area (Å²) in [6.45, 7) is 0.163. The lowest BCUT2D eigenvalue weighted by molar-refractivity contribution is -0.0201. The van der Waals surface area contributed by atoms with Crippen molar-refractivity contribution in [3.8, 4) is 5.75 Å². The summed E-state index contributed by atoms with van der Waals surface area (Å²) in [5.41, 5.74) is 1.05. The molecule has 1 heterocycles. The van der Waals surface area contributed by atoms with E-state index in [0.717, 1.165) is 5.56 Å². The molecular weight excluding hydrogens is 408 g/mol. The molecule has 1 fully saturated rings. The molecule has 0 spiro atoms. The second-order valence-corrected chi connectivity index (χ2v) is 9.07. The molecule has 4 atom stereocenters. The zero-order valence-electron chi connectivity index (χ0n) is 17.0. The van der Waals surface area contributed by atoms with E-state index in [2.05, 4.69) is 4.72 Å². The van der Waals surface area contributed by atoms with Gasteiger partial charge in [0.05, 0.1) is 30.8 Å². The van der Waals surface area contributed by atoms with Crippen LogP contribution in [0.2, 0.25) is 0 Å². The molecule has 164 valence electrons. The van der Waals surface area contributed by atoms with E-state index in [4.69, 9.17) is 9.47 Å². The first-order valence-electron chi connectivity index (χ1n) is 9.68. The van der Waals surface area contributed by atoms with Crippen molar-refractivity contribution < 1.29 is 28.1 Å². The quantitative estimate of drug-likeness (QED) is 0.528. The molecule has 2 aromatic rings. The third kappa shape index (κ3) is 5.18. The van der Waals surface area contributed by atoms with Crippen LogP contribution >= 0.6 is 0 Å². The predicted molar refractivity (Wildman–Crippen MR) is 112 cm³/mol. The molecule has 0 aliphatic carbocycles. The van der Waals surface area contributed by atoms with Gasteiger partial charge in [0.25, 0.3) is 0 Å². The Balaban J connectivity index is 1.71. The van der Waals surface area contributed by atoms with E-state index in [1.807, 2.05) is 42.3 Å². The predicted octanol–water partition coefficient (Wildman–Crippen LogP) is 0.595. The van der Waals surface area contributed by atoms with Gasteiger partial charge in [-0.1, -0.05) is 30.3 Å². The summed E-state index contributed by atoms with van der Waals surface area (Å²) >= 11 is 0. The van der Waals surface area contributed by atoms with Gasteiger partial charge in [-0.25, -0.2) is 13.1 Å². The van der Waals surface area contributed by atoms with Crippen LogP contribution in [-0.4, -0.2) is 75.2 Å². The molecule has 0 amide bonds. The number of benzene rings is 2. The van der Waals surface area contributed by atoms with Crippen LogP contribution in [0, 0.1) is 0 Å². The van der Waals surface area contributed by atoms with E-state index in [-0.39, 0.29) is 18.0 Å². The van der Waals surface area contributed by atoms with E-state index in [0.29, 0.717) is 12.3 Å². The van der Waals surface area contributed by atoms with Crippen LogP contribution in [0.5, 0.6) is 5.75 Å². The fourth-order valence-electron chi connectivity index (χ4n) is 3.70. The first-order chi connectivity index (χ1) is 14.4. The first-order valence-corrected chi connectivity index (χ1v) is 11.2. The molecule has 1 aliphatic heterocycles. The van der Waals surface area contributed by atoms with Crippen molar-refractivity contribution in [3.63, 3.8) is 0 Å². The Bertz CT molecular complexity index is 907. The van der Waals surface area contributed by atoms with Gasteiger partial charge >= 0.3 is 0 Å². The van der Waals surface area contributed by atoms with E-state index < -0.39 is 34.4 Å². The Morgan fingerprint density at radius 2 is 1.77 bits per heavy atom. The maximum Gasteiger partial charge on any atom is 0.240 e. The highest BCUT2D eigenvalue weighted by atomic mass is 32.2. The molecule has 9 heteroatoms. The molecular formula is C21H28N2O6S. The number of hydrogen-bond acceptors (Lipinski definition) is 7. The summed E-state index contributed by atoms with van der Waals surface area (Å²) in [5, 5.41) is 20.2. The number of ether oxygens (including phenoxy) is 2. The molecule has 3 N–H and O–H groups in total. The number of methoxy groups -OCH3 is 1. The molecule has 2 aromatic carbocycles. The van der Waals surface area contributed by atoms with Crippen molar-refractivity contribution >= 4 is 10.0 Å². The molecule has 0 bridgehead atoms. The average molecular weight is 437 g/mol. The zero-order valence-corrected chi connectivity index (χ0v) is 17.8. The minimum Gasteiger partial charge on any atom is -0.497 e. The Labute approximate surface area is 177 Å². The van der Waals surface area contributed by atoms with Crippen molar-refractivity contribution in [2.45, 2.75) is 35.8 Å². The Morgan fingerprint density at radius 3 is 2.37 bits per heavy atom. The number of nitrogens with zero attached hydrogens (tertiary/aromatic N) is 1. The molecule has 1 aliphatic rings. The highest BCUT2D eigenvalue weighted by molar-refractivity contribution is 7.89. The first kappa shape index (κ1) is 22.7. The van der Waals surface area contributed by atoms with Crippen molar-refractivity contribution in [1.29, 1.82) is 0 Å². The number of nitrogens with one attached hydrogen (secondary N) is 1. The third-order valence-corrected chi connectivity index (χ3v) is 6.71. The number of aliphatic hydroxyl groups is 2. The Morgan fingerprint density at radius 1 is 1.10 bits per heavy atom. The van der Waals surface area contributed by atoms with Crippen molar-refractivity contribution in [1.82, 2.24) is 9.62 Å². The maximum absolute atomic E-state index is 12.7. The lowest BCUT2D eigenvalue weighted by Gasteiger charge is -2.30. The summed E-state index contributed by atoms with van der Waals surface area (Å²) in [4.78, 5) is 2.02. The van der Waals surface area contributed by atoms with E-state index >= 15 is 0 Å². The van der Waals surface area contributed by atoms with E-state index in [9.17, 15) is 18.6 Å². The lowest BCUT2D eigenvalue weighted by atomic mass is 10.0. The van der Waals surface area contributed by atoms with Crippen molar-refractivity contribution in [2.75, 3.05) is 27.3 Å². The number of rotatable bonds is 9. The maximum atomic E-state index is 12.7. The van der Waals surface area contributed by atoms with Gasteiger partial charge in [0.15, 0.2) is 0 Å². The fourth-order valence-corrected chi connectivity index (χ4v) is 4.74. The summed E-state index contributed by atoms with van der Waals surface area (Å²) in [6, 6.07) is 15.3. The second-order valence-electron chi connectivity index (χ2n) is 7.30. The van der Waals surface area contributed by atoms with Crippen LogP contribution in [0.15, 0.2) is 59.5 Å². The smallest absolute Gasteiger partial charge is 0.240 e. The minimum atomic E-state index is -3.77. The molecule has 8 nitrogen and oxygen atoms in total. The lowest BCUT2D eigenvalue weighted by Crippen LogP contribution is -2.49. The highest BCUT2D eigenvalue weighted by Gasteiger charge is 2.45. The van der Waals surface area contributed by atoms with Gasteiger partial charge in [-0.15, -0.1) is 0 Å². The largest absolute Gasteiger partial charge is 0.497 e. The molecule has 30 heavy (non-hydrogen) atoms. The van der Waals surface area contributed by atoms with Crippen LogP contribution in [0.25, 0.3) is 0 Å². The van der Waals surface area contributed by atoms with Crippen LogP contribution in [0.1, 0.15) is 5.56 Å². The average Bonchev–Trinajstić information content (AvgIpc) is 3.08. The van der Waals surface area contributed by atoms with Gasteiger partial charge in [0.2, 0.25) is 10.0 Å². The molecule has 0 radical (unpaired) electrons. The van der Waals surface area contributed by atoms with Crippen LogP contribution < -0.4 is 9.46 Å². The Kier molecular flexibility index (Phi) is 7.45. The van der Waals surface area contributed by atoms with Gasteiger partial charge in [-0.05, 0) is 36.9 Å². The van der Waals surface area contributed by atoms with Gasteiger partial charge in [-0.3, -0.25) is 4.90 Å². The zero-order chi connectivity index (χ0) is 21.7. The highest BCUT2D eigenvalue weighted by Crippen LogP contribution is 2.26. The van der Waals surface area contributed by atoms with Crippen LogP contribution in [0.4, 0.5) is 0 Å². The van der Waals surface area contributed by atoms with Crippen molar-refractivity contribution in [3.05, 3.63) is 60.2 Å². The van der Waals surface area contributed by atoms with Crippen molar-refractivity contribution in [2.24, 2.45) is 0 Å². The van der Waals surface area contributed by atoms with Crippen LogP contribution in [0.3, 0.4) is 0 Å². The SMILES string of the molecule is COc1ccc(S(=O)(=O)NCC2OC(CO)C(O)C2N(C)Cc2ccccc2)cc1. The third-order valence-electron chi connectivity index (χ3n) is 5.27.